The molecule has 2 heteroatoms. The summed E-state index contributed by atoms with van der Waals surface area (Å²) in [5.41, 5.74) is 1.30. The average Bonchev–Trinajstić information content (AvgIpc) is 2.72. The van der Waals surface area contributed by atoms with Gasteiger partial charge in [0.15, 0.2) is 0 Å². The van der Waals surface area contributed by atoms with Gasteiger partial charge in [0.25, 0.3) is 0 Å². The minimum Gasteiger partial charge on any atom is -0.246 e. The lowest BCUT2D eigenvalue weighted by Gasteiger charge is -1.98. The molecule has 0 fully saturated rings. The number of nitrogens with zero attached hydrogens (tertiary/aromatic N) is 1. The lowest BCUT2D eigenvalue weighted by molar-refractivity contribution is 0.606. The summed E-state index contributed by atoms with van der Waals surface area (Å²) in [4.78, 5) is 4.65. The highest BCUT2D eigenvalue weighted by Crippen LogP contribution is 2.15. The van der Waals surface area contributed by atoms with Crippen LogP contribution in [-0.4, -0.2) is 4.98 Å². The summed E-state index contributed by atoms with van der Waals surface area (Å²) >= 11 is 1.85. The van der Waals surface area contributed by atoms with Crippen LogP contribution in [0.4, 0.5) is 0 Å². The molecule has 1 nitrogen and oxygen atoms in total. The van der Waals surface area contributed by atoms with Crippen molar-refractivity contribution in [3.8, 4) is 0 Å². The molecule has 0 saturated heterocycles. The van der Waals surface area contributed by atoms with E-state index in [0.717, 1.165) is 6.42 Å². The Bertz CT molecular complexity index is 267. The van der Waals surface area contributed by atoms with Crippen LogP contribution in [0, 0.1) is 0 Å². The van der Waals surface area contributed by atoms with Crippen molar-refractivity contribution in [2.24, 2.45) is 0 Å². The van der Waals surface area contributed by atoms with Crippen molar-refractivity contribution in [2.75, 3.05) is 0 Å². The molecule has 0 aliphatic rings. The first kappa shape index (κ1) is 13.7. The van der Waals surface area contributed by atoms with E-state index in [4.69, 9.17) is 0 Å². The van der Waals surface area contributed by atoms with Gasteiger partial charge in [0.2, 0.25) is 0 Å². The molecule has 0 radical (unpaired) electrons. The Labute approximate surface area is 104 Å². The number of unbranched alkanes of at least 4 members (excludes halogenated alkanes) is 5. The van der Waals surface area contributed by atoms with Crippen LogP contribution >= 0.6 is 11.3 Å². The zero-order valence-corrected chi connectivity index (χ0v) is 11.6. The van der Waals surface area contributed by atoms with Crippen LogP contribution in [0.15, 0.2) is 5.38 Å². The van der Waals surface area contributed by atoms with Crippen molar-refractivity contribution in [3.05, 3.63) is 16.1 Å². The highest BCUT2D eigenvalue weighted by molar-refractivity contribution is 7.09. The van der Waals surface area contributed by atoms with Crippen LogP contribution in [0.25, 0.3) is 0 Å². The summed E-state index contributed by atoms with van der Waals surface area (Å²) in [6, 6.07) is 0. The number of aryl methyl sites for hydroxylation is 2. The molecule has 0 amide bonds. The molecule has 0 aliphatic carbocycles. The lowest BCUT2D eigenvalue weighted by Crippen LogP contribution is -1.88. The number of thiazole rings is 1. The van der Waals surface area contributed by atoms with Gasteiger partial charge >= 0.3 is 0 Å². The Hall–Kier alpha value is -0.370. The third-order valence-corrected chi connectivity index (χ3v) is 3.81. The largest absolute Gasteiger partial charge is 0.246 e. The molecule has 0 atom stereocenters. The maximum Gasteiger partial charge on any atom is 0.0928 e. The molecular weight excluding hydrogens is 214 g/mol. The normalized spacial score (nSPS) is 10.9. The first-order valence-electron chi connectivity index (χ1n) is 6.80. The number of rotatable bonds is 9. The van der Waals surface area contributed by atoms with Gasteiger partial charge in [-0.3, -0.25) is 0 Å². The average molecular weight is 239 g/mol. The van der Waals surface area contributed by atoms with E-state index >= 15 is 0 Å². The summed E-state index contributed by atoms with van der Waals surface area (Å²) in [7, 11) is 0. The molecule has 0 saturated carbocycles. The van der Waals surface area contributed by atoms with E-state index in [1.807, 2.05) is 11.3 Å². The molecule has 92 valence electrons. The van der Waals surface area contributed by atoms with E-state index in [0.29, 0.717) is 0 Å². The topological polar surface area (TPSA) is 12.9 Å². The second kappa shape index (κ2) is 8.74. The zero-order chi connectivity index (χ0) is 11.6. The van der Waals surface area contributed by atoms with Gasteiger partial charge in [0, 0.05) is 5.38 Å². The molecule has 0 spiro atoms. The molecule has 0 unspecified atom stereocenters. The third kappa shape index (κ3) is 5.64. The van der Waals surface area contributed by atoms with E-state index in [9.17, 15) is 0 Å². The predicted molar refractivity (Wildman–Crippen MR) is 73.2 cm³/mol. The molecule has 1 rings (SSSR count). The van der Waals surface area contributed by atoms with Crippen LogP contribution in [0.3, 0.4) is 0 Å². The summed E-state index contributed by atoms with van der Waals surface area (Å²) in [5, 5.41) is 3.58. The Balaban J connectivity index is 2.07. The first-order chi connectivity index (χ1) is 7.86. The molecule has 0 aliphatic heterocycles. The summed E-state index contributed by atoms with van der Waals surface area (Å²) in [6.45, 7) is 4.48. The molecule has 1 aromatic heterocycles. The van der Waals surface area contributed by atoms with Crippen LogP contribution < -0.4 is 0 Å². The smallest absolute Gasteiger partial charge is 0.0928 e. The number of aromatic nitrogens is 1. The van der Waals surface area contributed by atoms with Gasteiger partial charge < -0.3 is 0 Å². The standard InChI is InChI=1S/C14H25NS/c1-3-5-6-7-8-9-11-14-15-13(10-4-2)12-16-14/h12H,3-11H2,1-2H3. The van der Waals surface area contributed by atoms with Gasteiger partial charge in [-0.2, -0.15) is 0 Å². The molecule has 1 aromatic rings. The van der Waals surface area contributed by atoms with Crippen molar-refractivity contribution in [1.82, 2.24) is 4.98 Å². The Morgan fingerprint density at radius 1 is 0.938 bits per heavy atom. The molecule has 0 aromatic carbocycles. The first-order valence-corrected chi connectivity index (χ1v) is 7.68. The maximum absolute atomic E-state index is 4.65. The van der Waals surface area contributed by atoms with Crippen molar-refractivity contribution in [3.63, 3.8) is 0 Å². The monoisotopic (exact) mass is 239 g/mol. The Kier molecular flexibility index (Phi) is 7.48. The van der Waals surface area contributed by atoms with Crippen molar-refractivity contribution in [1.29, 1.82) is 0 Å². The number of hydrogen-bond acceptors (Lipinski definition) is 2. The van der Waals surface area contributed by atoms with E-state index in [-0.39, 0.29) is 0 Å². The Morgan fingerprint density at radius 3 is 2.44 bits per heavy atom. The zero-order valence-electron chi connectivity index (χ0n) is 10.8. The van der Waals surface area contributed by atoms with E-state index < -0.39 is 0 Å². The van der Waals surface area contributed by atoms with Gasteiger partial charge in [-0.25, -0.2) is 4.98 Å². The second-order valence-electron chi connectivity index (χ2n) is 4.50. The highest BCUT2D eigenvalue weighted by Gasteiger charge is 2.00. The van der Waals surface area contributed by atoms with Crippen molar-refractivity contribution in [2.45, 2.75) is 71.6 Å². The van der Waals surface area contributed by atoms with Gasteiger partial charge in [-0.1, -0.05) is 52.4 Å². The number of hydrogen-bond donors (Lipinski definition) is 0. The fraction of sp³-hybridized carbons (Fsp3) is 0.786. The van der Waals surface area contributed by atoms with Crippen molar-refractivity contribution < 1.29 is 0 Å². The molecule has 0 bridgehead atoms. The fourth-order valence-corrected chi connectivity index (χ4v) is 2.77. The van der Waals surface area contributed by atoms with E-state index in [1.165, 1.54) is 62.1 Å². The molecule has 1 heterocycles. The third-order valence-electron chi connectivity index (χ3n) is 2.85. The lowest BCUT2D eigenvalue weighted by atomic mass is 10.1. The summed E-state index contributed by atoms with van der Waals surface area (Å²) < 4.78 is 0. The van der Waals surface area contributed by atoms with Gasteiger partial charge in [0.05, 0.1) is 10.7 Å². The van der Waals surface area contributed by atoms with Crippen LogP contribution in [0.5, 0.6) is 0 Å². The van der Waals surface area contributed by atoms with Crippen molar-refractivity contribution >= 4 is 11.3 Å². The fourth-order valence-electron chi connectivity index (χ4n) is 1.89. The second-order valence-corrected chi connectivity index (χ2v) is 5.44. The van der Waals surface area contributed by atoms with Gasteiger partial charge in [-0.05, 0) is 19.3 Å². The van der Waals surface area contributed by atoms with Crippen LogP contribution in [0.2, 0.25) is 0 Å². The highest BCUT2D eigenvalue weighted by atomic mass is 32.1. The molecule has 16 heavy (non-hydrogen) atoms. The molecule has 0 N–H and O–H groups in total. The van der Waals surface area contributed by atoms with E-state index in [1.54, 1.807) is 0 Å². The summed E-state index contributed by atoms with van der Waals surface area (Å²) in [6.07, 6.45) is 11.8. The summed E-state index contributed by atoms with van der Waals surface area (Å²) in [5.74, 6) is 0. The van der Waals surface area contributed by atoms with Crippen LogP contribution in [-0.2, 0) is 12.8 Å². The Morgan fingerprint density at radius 2 is 1.69 bits per heavy atom. The maximum atomic E-state index is 4.65. The minimum atomic E-state index is 1.15. The predicted octanol–water partition coefficient (Wildman–Crippen LogP) is 5.00. The SMILES string of the molecule is CCCCCCCCc1nc(CCC)cs1. The van der Waals surface area contributed by atoms with Crippen LogP contribution in [0.1, 0.15) is 69.5 Å². The van der Waals surface area contributed by atoms with Gasteiger partial charge in [0.1, 0.15) is 0 Å². The van der Waals surface area contributed by atoms with E-state index in [2.05, 4.69) is 24.2 Å². The molecular formula is C14H25NS. The quantitative estimate of drug-likeness (QED) is 0.553. The minimum absolute atomic E-state index is 1.15. The van der Waals surface area contributed by atoms with Gasteiger partial charge in [-0.15, -0.1) is 11.3 Å².